The first-order valence-electron chi connectivity index (χ1n) is 30.6. The largest absolute Gasteiger partial charge is 0.494 e. The SMILES string of the molecule is CCCCCCCOc1ccc(-c2c3nc(c(-c4ccc(OCCCCCCC)cc4)c4ccc([nH]4)c(-c4ccc(OCCCCCCC)cc4)c4nc(c(-c5ccc(OCCCCCCC)cc5)c5ccc2[nH]5)C=C4)C=C3)cc1. The predicted octanol–water partition coefficient (Wildman–Crippen LogP) is 20.7. The van der Waals surface area contributed by atoms with E-state index in [1.165, 1.54) is 103 Å². The first kappa shape index (κ1) is 57.4. The van der Waals surface area contributed by atoms with Crippen LogP contribution in [0.2, 0.25) is 0 Å². The third-order valence-electron chi connectivity index (χ3n) is 15.4. The fraction of sp³-hybridized carbons (Fsp3) is 0.389. The van der Waals surface area contributed by atoms with Crippen molar-refractivity contribution in [3.05, 3.63) is 144 Å². The maximum atomic E-state index is 6.29. The number of hydrogen-bond acceptors (Lipinski definition) is 6. The lowest BCUT2D eigenvalue weighted by Gasteiger charge is -2.10. The molecule has 8 heteroatoms. The Morgan fingerprint density at radius 2 is 0.475 bits per heavy atom. The molecule has 4 aromatic carbocycles. The van der Waals surface area contributed by atoms with Crippen molar-refractivity contribution < 1.29 is 18.9 Å². The van der Waals surface area contributed by atoms with Gasteiger partial charge in [-0.15, -0.1) is 0 Å². The first-order valence-corrected chi connectivity index (χ1v) is 30.6. The molecule has 5 heterocycles. The fourth-order valence-electron chi connectivity index (χ4n) is 10.9. The van der Waals surface area contributed by atoms with Crippen molar-refractivity contribution >= 4 is 46.4 Å². The summed E-state index contributed by atoms with van der Waals surface area (Å²) >= 11 is 0. The van der Waals surface area contributed by atoms with Crippen LogP contribution in [-0.4, -0.2) is 46.4 Å². The van der Waals surface area contributed by atoms with Crippen LogP contribution < -0.4 is 18.9 Å². The lowest BCUT2D eigenvalue weighted by atomic mass is 10.0. The molecule has 0 atom stereocenters. The number of rotatable bonds is 32. The molecule has 9 rings (SSSR count). The summed E-state index contributed by atoms with van der Waals surface area (Å²) in [7, 11) is 0. The second-order valence-corrected chi connectivity index (χ2v) is 21.7. The molecular formula is C72H86N4O4. The number of nitrogens with zero attached hydrogens (tertiary/aromatic N) is 2. The van der Waals surface area contributed by atoms with Crippen LogP contribution in [0.5, 0.6) is 23.0 Å². The number of hydrogen-bond donors (Lipinski definition) is 2. The molecule has 0 unspecified atom stereocenters. The Labute approximate surface area is 477 Å². The minimum absolute atomic E-state index is 0.709. The summed E-state index contributed by atoms with van der Waals surface area (Å²) in [6, 6.07) is 42.9. The molecule has 2 N–H and O–H groups in total. The van der Waals surface area contributed by atoms with E-state index >= 15 is 0 Å². The minimum Gasteiger partial charge on any atom is -0.494 e. The van der Waals surface area contributed by atoms with Crippen LogP contribution >= 0.6 is 0 Å². The lowest BCUT2D eigenvalue weighted by molar-refractivity contribution is 0.304. The van der Waals surface area contributed by atoms with Gasteiger partial charge in [-0.05, 0) is 145 Å². The van der Waals surface area contributed by atoms with E-state index in [9.17, 15) is 0 Å². The van der Waals surface area contributed by atoms with Crippen molar-refractivity contribution in [1.82, 2.24) is 19.9 Å². The van der Waals surface area contributed by atoms with E-state index in [0.717, 1.165) is 138 Å². The van der Waals surface area contributed by atoms with Crippen molar-refractivity contribution in [1.29, 1.82) is 0 Å². The van der Waals surface area contributed by atoms with E-state index in [4.69, 9.17) is 28.9 Å². The number of nitrogens with one attached hydrogen (secondary N) is 2. The topological polar surface area (TPSA) is 94.3 Å². The highest BCUT2D eigenvalue weighted by molar-refractivity contribution is 6.00. The molecule has 2 aliphatic rings. The zero-order chi connectivity index (χ0) is 55.1. The van der Waals surface area contributed by atoms with Crippen LogP contribution in [0.25, 0.3) is 90.9 Å². The van der Waals surface area contributed by atoms with Gasteiger partial charge in [0.15, 0.2) is 0 Å². The Balaban J connectivity index is 1.20. The summed E-state index contributed by atoms with van der Waals surface area (Å²) in [6.07, 6.45) is 32.6. The van der Waals surface area contributed by atoms with Crippen molar-refractivity contribution in [3.8, 4) is 67.5 Å². The molecule has 0 spiro atoms. The molecule has 8 bridgehead atoms. The number of H-pyrrole nitrogens is 2. The number of aromatic nitrogens is 4. The van der Waals surface area contributed by atoms with Gasteiger partial charge < -0.3 is 28.9 Å². The molecule has 0 saturated carbocycles. The molecule has 0 saturated heterocycles. The summed E-state index contributed by atoms with van der Waals surface area (Å²) in [5, 5.41) is 0. The van der Waals surface area contributed by atoms with Crippen molar-refractivity contribution in [2.75, 3.05) is 26.4 Å². The van der Waals surface area contributed by atoms with Crippen molar-refractivity contribution in [2.45, 2.75) is 156 Å². The van der Waals surface area contributed by atoms with Gasteiger partial charge in [0.1, 0.15) is 23.0 Å². The molecule has 0 aliphatic carbocycles. The highest BCUT2D eigenvalue weighted by Crippen LogP contribution is 2.40. The number of unbranched alkanes of at least 4 members (excludes halogenated alkanes) is 16. The molecular weight excluding hydrogens is 985 g/mol. The fourth-order valence-corrected chi connectivity index (χ4v) is 10.9. The Morgan fingerprint density at radius 1 is 0.263 bits per heavy atom. The maximum Gasteiger partial charge on any atom is 0.119 e. The Hall–Kier alpha value is -7.32. The average molecular weight is 1070 g/mol. The van der Waals surface area contributed by atoms with Crippen LogP contribution in [0.1, 0.15) is 179 Å². The van der Waals surface area contributed by atoms with E-state index in [-0.39, 0.29) is 0 Å². The van der Waals surface area contributed by atoms with Gasteiger partial charge in [0, 0.05) is 44.3 Å². The van der Waals surface area contributed by atoms with E-state index in [1.54, 1.807) is 0 Å². The van der Waals surface area contributed by atoms with Gasteiger partial charge in [-0.1, -0.05) is 179 Å². The normalized spacial score (nSPS) is 11.8. The Kier molecular flexibility index (Phi) is 21.7. The lowest BCUT2D eigenvalue weighted by Crippen LogP contribution is -1.97. The van der Waals surface area contributed by atoms with Crippen LogP contribution in [0.15, 0.2) is 121 Å². The second kappa shape index (κ2) is 30.3. The van der Waals surface area contributed by atoms with Crippen LogP contribution in [0, 0.1) is 0 Å². The van der Waals surface area contributed by atoms with Crippen LogP contribution in [0.4, 0.5) is 0 Å². The van der Waals surface area contributed by atoms with E-state index in [1.807, 2.05) is 0 Å². The van der Waals surface area contributed by atoms with Crippen molar-refractivity contribution in [2.24, 2.45) is 0 Å². The molecule has 8 nitrogen and oxygen atoms in total. The van der Waals surface area contributed by atoms with Gasteiger partial charge in [0.05, 0.1) is 49.2 Å². The number of aromatic amines is 2. The zero-order valence-corrected chi connectivity index (χ0v) is 48.4. The standard InChI is InChI=1S/C72H86N4O4/c1-5-9-13-17-21-49-77-57-33-25-53(26-34-57)69-61-41-43-63(73-61)70(54-27-35-58(36-28-54)78-50-22-18-14-10-6-2)65-45-47-67(75-65)72(56-31-39-60(40-32-56)80-52-24-20-16-12-8-4)68-48-46-66(76-68)71(64-44-42-62(69)74-64)55-29-37-59(38-30-55)79-51-23-19-15-11-7-3/h25-48,73,76H,5-24,49-52H2,1-4H3. The predicted molar refractivity (Wildman–Crippen MR) is 338 cm³/mol. The number of benzene rings is 4. The van der Waals surface area contributed by atoms with Gasteiger partial charge in [-0.25, -0.2) is 9.97 Å². The summed E-state index contributed by atoms with van der Waals surface area (Å²) in [6.45, 7) is 11.8. The van der Waals surface area contributed by atoms with Gasteiger partial charge in [0.2, 0.25) is 0 Å². The number of fused-ring (bicyclic) bond motifs is 8. The monoisotopic (exact) mass is 1070 g/mol. The summed E-state index contributed by atoms with van der Waals surface area (Å²) in [4.78, 5) is 19.0. The highest BCUT2D eigenvalue weighted by atomic mass is 16.5. The maximum absolute atomic E-state index is 6.29. The average Bonchev–Trinajstić information content (AvgIpc) is 4.38. The molecule has 0 radical (unpaired) electrons. The van der Waals surface area contributed by atoms with Crippen LogP contribution in [-0.2, 0) is 0 Å². The Morgan fingerprint density at radius 3 is 0.688 bits per heavy atom. The van der Waals surface area contributed by atoms with Gasteiger partial charge in [-0.3, -0.25) is 0 Å². The molecule has 2 aliphatic heterocycles. The van der Waals surface area contributed by atoms with Gasteiger partial charge in [0.25, 0.3) is 0 Å². The third-order valence-corrected chi connectivity index (χ3v) is 15.4. The van der Waals surface area contributed by atoms with E-state index in [2.05, 4.69) is 183 Å². The smallest absolute Gasteiger partial charge is 0.119 e. The molecule has 0 fully saturated rings. The Bertz CT molecular complexity index is 2830. The van der Waals surface area contributed by atoms with Gasteiger partial charge in [-0.2, -0.15) is 0 Å². The van der Waals surface area contributed by atoms with Gasteiger partial charge >= 0.3 is 0 Å². The second-order valence-electron chi connectivity index (χ2n) is 21.7. The zero-order valence-electron chi connectivity index (χ0n) is 48.4. The molecule has 0 amide bonds. The van der Waals surface area contributed by atoms with E-state index < -0.39 is 0 Å². The molecule has 3 aromatic heterocycles. The summed E-state index contributed by atoms with van der Waals surface area (Å²) < 4.78 is 25.2. The quantitative estimate of drug-likeness (QED) is 0.0408. The molecule has 80 heavy (non-hydrogen) atoms. The van der Waals surface area contributed by atoms with E-state index in [0.29, 0.717) is 26.4 Å². The first-order chi connectivity index (χ1) is 39.5. The summed E-state index contributed by atoms with van der Waals surface area (Å²) in [5.74, 6) is 3.48. The molecule has 7 aromatic rings. The van der Waals surface area contributed by atoms with Crippen molar-refractivity contribution in [3.63, 3.8) is 0 Å². The third kappa shape index (κ3) is 15.5. The summed E-state index contributed by atoms with van der Waals surface area (Å²) in [5.41, 5.74) is 15.4. The minimum atomic E-state index is 0.709. The highest BCUT2D eigenvalue weighted by Gasteiger charge is 2.20. The number of ether oxygens (including phenoxy) is 4. The molecule has 418 valence electrons. The van der Waals surface area contributed by atoms with Crippen LogP contribution in [0.3, 0.4) is 0 Å².